The highest BCUT2D eigenvalue weighted by atomic mass is 19.4. The third kappa shape index (κ3) is 6.01. The lowest BCUT2D eigenvalue weighted by Gasteiger charge is -2.13. The Morgan fingerprint density at radius 3 is 2.44 bits per heavy atom. The van der Waals surface area contributed by atoms with E-state index in [4.69, 9.17) is 4.74 Å². The number of methoxy groups -OCH3 is 1. The number of halogens is 3. The second-order valence-electron chi connectivity index (χ2n) is 8.21. The van der Waals surface area contributed by atoms with Crippen LogP contribution in [0.25, 0.3) is 22.0 Å². The summed E-state index contributed by atoms with van der Waals surface area (Å²) in [6.45, 7) is 4.00. The maximum absolute atomic E-state index is 12.6. The third-order valence-corrected chi connectivity index (χ3v) is 5.10. The number of hydrogen-bond donors (Lipinski definition) is 2. The smallest absolute Gasteiger partial charge is 0.496 e. The van der Waals surface area contributed by atoms with Crippen molar-refractivity contribution >= 4 is 28.4 Å². The van der Waals surface area contributed by atoms with Gasteiger partial charge in [-0.25, -0.2) is 9.97 Å². The molecule has 4 rings (SSSR count). The number of aromatic nitrogens is 2. The fraction of sp³-hybridized carbons (Fsp3) is 0.192. The highest BCUT2D eigenvalue weighted by Crippen LogP contribution is 2.35. The Labute approximate surface area is 205 Å². The molecule has 1 heterocycles. The van der Waals surface area contributed by atoms with Crippen LogP contribution in [0.2, 0.25) is 0 Å². The van der Waals surface area contributed by atoms with E-state index in [0.29, 0.717) is 17.4 Å². The van der Waals surface area contributed by atoms with Gasteiger partial charge in [-0.05, 0) is 61.9 Å². The van der Waals surface area contributed by atoms with Crippen molar-refractivity contribution in [2.75, 3.05) is 17.7 Å². The van der Waals surface area contributed by atoms with Crippen LogP contribution in [0.5, 0.6) is 11.5 Å². The number of nitrogens with one attached hydrogen (secondary N) is 2. The van der Waals surface area contributed by atoms with Gasteiger partial charge in [-0.3, -0.25) is 4.79 Å². The fourth-order valence-electron chi connectivity index (χ4n) is 3.56. The molecule has 0 aliphatic heterocycles. The molecule has 2 N–H and O–H groups in total. The molecule has 0 radical (unpaired) electrons. The van der Waals surface area contributed by atoms with Gasteiger partial charge in [-0.15, -0.1) is 13.2 Å². The van der Waals surface area contributed by atoms with Gasteiger partial charge in [0.05, 0.1) is 12.6 Å². The van der Waals surface area contributed by atoms with E-state index in [1.54, 1.807) is 31.5 Å². The first-order valence-corrected chi connectivity index (χ1v) is 11.0. The first kappa shape index (κ1) is 24.8. The molecule has 3 aromatic carbocycles. The van der Waals surface area contributed by atoms with E-state index in [1.165, 1.54) is 12.1 Å². The molecule has 1 amide bonds. The molecule has 186 valence electrons. The van der Waals surface area contributed by atoms with Crippen molar-refractivity contribution in [1.82, 2.24) is 9.97 Å². The van der Waals surface area contributed by atoms with E-state index >= 15 is 0 Å². The van der Waals surface area contributed by atoms with E-state index < -0.39 is 18.0 Å². The van der Waals surface area contributed by atoms with Crippen LogP contribution in [0.15, 0.2) is 66.9 Å². The highest BCUT2D eigenvalue weighted by Gasteiger charge is 2.31. The molecule has 0 saturated carbocycles. The molecule has 0 aliphatic carbocycles. The summed E-state index contributed by atoms with van der Waals surface area (Å²) in [7, 11) is 1.57. The maximum Gasteiger partial charge on any atom is 0.573 e. The molecule has 0 bridgehead atoms. The molecule has 0 spiro atoms. The average Bonchev–Trinajstić information content (AvgIpc) is 2.82. The molecule has 0 unspecified atom stereocenters. The summed E-state index contributed by atoms with van der Waals surface area (Å²) >= 11 is 0. The van der Waals surface area contributed by atoms with E-state index in [-0.39, 0.29) is 11.6 Å². The molecule has 0 aliphatic rings. The van der Waals surface area contributed by atoms with Crippen LogP contribution in [0.4, 0.5) is 24.8 Å². The van der Waals surface area contributed by atoms with Crippen molar-refractivity contribution in [2.45, 2.75) is 26.3 Å². The average molecular weight is 496 g/mol. The number of carbonyl (C=O) groups excluding carboxylic acids is 1. The molecular weight excluding hydrogens is 473 g/mol. The summed E-state index contributed by atoms with van der Waals surface area (Å²) < 4.78 is 46.5. The second kappa shape index (κ2) is 10.1. The van der Waals surface area contributed by atoms with Gasteiger partial charge in [0.25, 0.3) is 5.91 Å². The van der Waals surface area contributed by atoms with Gasteiger partial charge in [-0.1, -0.05) is 12.1 Å². The highest BCUT2D eigenvalue weighted by molar-refractivity contribution is 6.04. The van der Waals surface area contributed by atoms with Crippen LogP contribution in [0.1, 0.15) is 24.2 Å². The van der Waals surface area contributed by atoms with Crippen LogP contribution < -0.4 is 20.1 Å². The zero-order valence-electron chi connectivity index (χ0n) is 19.7. The molecule has 0 saturated heterocycles. The van der Waals surface area contributed by atoms with Gasteiger partial charge in [0, 0.05) is 40.5 Å². The minimum absolute atomic E-state index is 0.182. The van der Waals surface area contributed by atoms with Crippen molar-refractivity contribution in [3.63, 3.8) is 0 Å². The standard InChI is InChI=1S/C26H23F3N4O3/c1-15(2)31-25-30-14-18-12-21(23(35-3)13-22(18)33-25)17-5-4-6-19(11-17)32-24(34)16-7-9-20(10-8-16)36-26(27,28)29/h4-15H,1-3H3,(H,32,34)(H,30,31,33). The number of hydrogen-bond acceptors (Lipinski definition) is 6. The summed E-state index contributed by atoms with van der Waals surface area (Å²) in [4.78, 5) is 21.5. The second-order valence-corrected chi connectivity index (χ2v) is 8.21. The third-order valence-electron chi connectivity index (χ3n) is 5.10. The number of benzene rings is 3. The van der Waals surface area contributed by atoms with Crippen LogP contribution in [-0.4, -0.2) is 35.4 Å². The Morgan fingerprint density at radius 1 is 1.03 bits per heavy atom. The molecule has 0 fully saturated rings. The largest absolute Gasteiger partial charge is 0.573 e. The van der Waals surface area contributed by atoms with Crippen LogP contribution in [0.3, 0.4) is 0 Å². The number of amides is 1. The van der Waals surface area contributed by atoms with E-state index in [0.717, 1.165) is 34.2 Å². The summed E-state index contributed by atoms with van der Waals surface area (Å²) in [5.41, 5.74) is 2.97. The van der Waals surface area contributed by atoms with Gasteiger partial charge in [0.15, 0.2) is 0 Å². The number of alkyl halides is 3. The van der Waals surface area contributed by atoms with Crippen molar-refractivity contribution in [2.24, 2.45) is 0 Å². The molecule has 10 heteroatoms. The molecule has 0 atom stereocenters. The summed E-state index contributed by atoms with van der Waals surface area (Å²) in [6.07, 6.45) is -3.07. The SMILES string of the molecule is COc1cc2nc(NC(C)C)ncc2cc1-c1cccc(NC(=O)c2ccc(OC(F)(F)F)cc2)c1. The van der Waals surface area contributed by atoms with Crippen LogP contribution >= 0.6 is 0 Å². The molecular formula is C26H23F3N4O3. The van der Waals surface area contributed by atoms with Crippen molar-refractivity contribution in [3.8, 4) is 22.6 Å². The van der Waals surface area contributed by atoms with Crippen LogP contribution in [-0.2, 0) is 0 Å². The van der Waals surface area contributed by atoms with Crippen LogP contribution in [0, 0.1) is 0 Å². The predicted octanol–water partition coefficient (Wildman–Crippen LogP) is 6.28. The summed E-state index contributed by atoms with van der Waals surface area (Å²) in [5.74, 6) is 0.241. The van der Waals surface area contributed by atoms with E-state index in [1.807, 2.05) is 32.0 Å². The molecule has 7 nitrogen and oxygen atoms in total. The molecule has 4 aromatic rings. The summed E-state index contributed by atoms with van der Waals surface area (Å²) in [5, 5.41) is 6.75. The lowest BCUT2D eigenvalue weighted by Crippen LogP contribution is -2.17. The Morgan fingerprint density at radius 2 is 1.78 bits per heavy atom. The number of carbonyl (C=O) groups is 1. The minimum atomic E-state index is -4.80. The van der Waals surface area contributed by atoms with Gasteiger partial charge < -0.3 is 20.1 Å². The number of nitrogens with zero attached hydrogens (tertiary/aromatic N) is 2. The van der Waals surface area contributed by atoms with Crippen molar-refractivity contribution < 1.29 is 27.4 Å². The zero-order valence-corrected chi connectivity index (χ0v) is 19.7. The van der Waals surface area contributed by atoms with Gasteiger partial charge in [0.2, 0.25) is 5.95 Å². The predicted molar refractivity (Wildman–Crippen MR) is 131 cm³/mol. The Kier molecular flexibility index (Phi) is 6.96. The van der Waals surface area contributed by atoms with Gasteiger partial charge >= 0.3 is 6.36 Å². The summed E-state index contributed by atoms with van der Waals surface area (Å²) in [6, 6.07) is 15.8. The first-order chi connectivity index (χ1) is 17.1. The van der Waals surface area contributed by atoms with Gasteiger partial charge in [-0.2, -0.15) is 0 Å². The number of fused-ring (bicyclic) bond motifs is 1. The Hall–Kier alpha value is -4.34. The molecule has 36 heavy (non-hydrogen) atoms. The lowest BCUT2D eigenvalue weighted by molar-refractivity contribution is -0.274. The Balaban J connectivity index is 1.57. The van der Waals surface area contributed by atoms with E-state index in [9.17, 15) is 18.0 Å². The topological polar surface area (TPSA) is 85.4 Å². The molecule has 1 aromatic heterocycles. The zero-order chi connectivity index (χ0) is 25.9. The normalized spacial score (nSPS) is 11.4. The van der Waals surface area contributed by atoms with E-state index in [2.05, 4.69) is 25.3 Å². The fourth-order valence-corrected chi connectivity index (χ4v) is 3.56. The van der Waals surface area contributed by atoms with Crippen molar-refractivity contribution in [3.05, 3.63) is 72.4 Å². The minimum Gasteiger partial charge on any atom is -0.496 e. The van der Waals surface area contributed by atoms with Gasteiger partial charge in [0.1, 0.15) is 11.5 Å². The lowest BCUT2D eigenvalue weighted by atomic mass is 10.0. The number of ether oxygens (including phenoxy) is 2. The van der Waals surface area contributed by atoms with Crippen molar-refractivity contribution in [1.29, 1.82) is 0 Å². The number of anilines is 2. The maximum atomic E-state index is 12.6. The monoisotopic (exact) mass is 496 g/mol. The quantitative estimate of drug-likeness (QED) is 0.313. The number of rotatable bonds is 7. The first-order valence-electron chi connectivity index (χ1n) is 11.0. The Bertz CT molecular complexity index is 1390.